The summed E-state index contributed by atoms with van der Waals surface area (Å²) in [7, 11) is 0. The summed E-state index contributed by atoms with van der Waals surface area (Å²) in [6, 6.07) is 14.5. The highest BCUT2D eigenvalue weighted by molar-refractivity contribution is 6.30. The van der Waals surface area contributed by atoms with E-state index in [4.69, 9.17) is 11.6 Å². The predicted molar refractivity (Wildman–Crippen MR) is 79.4 cm³/mol. The van der Waals surface area contributed by atoms with Crippen molar-refractivity contribution in [1.82, 2.24) is 0 Å². The van der Waals surface area contributed by atoms with E-state index in [1.54, 1.807) is 0 Å². The number of nitrogens with one attached hydrogen (secondary N) is 1. The smallest absolute Gasteiger partial charge is 0.0486 e. The maximum Gasteiger partial charge on any atom is 0.0486 e. The third-order valence-electron chi connectivity index (χ3n) is 3.33. The fraction of sp³-hybridized carbons (Fsp3) is 0.250. The summed E-state index contributed by atoms with van der Waals surface area (Å²) >= 11 is 6.02. The molecule has 0 fully saturated rings. The molecule has 0 heterocycles. The van der Waals surface area contributed by atoms with Crippen molar-refractivity contribution in [3.05, 3.63) is 64.2 Å². The van der Waals surface area contributed by atoms with E-state index >= 15 is 0 Å². The van der Waals surface area contributed by atoms with Gasteiger partial charge in [-0.15, -0.1) is 0 Å². The molecule has 94 valence electrons. The molecule has 0 aliphatic heterocycles. The number of anilines is 1. The van der Waals surface area contributed by atoms with Gasteiger partial charge in [-0.05, 0) is 55.7 Å². The lowest BCUT2D eigenvalue weighted by molar-refractivity contribution is 0.882. The first-order chi connectivity index (χ1) is 8.58. The second kappa shape index (κ2) is 5.45. The van der Waals surface area contributed by atoms with Crippen molar-refractivity contribution in [3.63, 3.8) is 0 Å². The van der Waals surface area contributed by atoms with Gasteiger partial charge in [0.25, 0.3) is 0 Å². The molecular formula is C16H18ClN. The van der Waals surface area contributed by atoms with Gasteiger partial charge in [0, 0.05) is 16.8 Å². The molecule has 0 aromatic heterocycles. The molecule has 0 aliphatic rings. The Morgan fingerprint density at radius 1 is 1.06 bits per heavy atom. The highest BCUT2D eigenvalue weighted by Gasteiger charge is 2.07. The van der Waals surface area contributed by atoms with Crippen LogP contribution in [0, 0.1) is 13.8 Å². The molecule has 2 aromatic carbocycles. The van der Waals surface area contributed by atoms with Crippen molar-refractivity contribution in [3.8, 4) is 0 Å². The van der Waals surface area contributed by atoms with Crippen LogP contribution in [0.4, 0.5) is 5.69 Å². The van der Waals surface area contributed by atoms with Crippen molar-refractivity contribution in [2.75, 3.05) is 5.32 Å². The molecule has 0 saturated carbocycles. The quantitative estimate of drug-likeness (QED) is 0.806. The summed E-state index contributed by atoms with van der Waals surface area (Å²) in [6.45, 7) is 6.42. The normalized spacial score (nSPS) is 12.2. The summed E-state index contributed by atoms with van der Waals surface area (Å²) in [5.74, 6) is 0. The molecule has 0 saturated heterocycles. The van der Waals surface area contributed by atoms with Crippen LogP contribution >= 0.6 is 11.6 Å². The van der Waals surface area contributed by atoms with E-state index < -0.39 is 0 Å². The topological polar surface area (TPSA) is 12.0 Å². The lowest BCUT2D eigenvalue weighted by Crippen LogP contribution is -2.08. The highest BCUT2D eigenvalue weighted by atomic mass is 35.5. The van der Waals surface area contributed by atoms with E-state index in [0.717, 1.165) is 5.02 Å². The molecule has 2 heteroatoms. The summed E-state index contributed by atoms with van der Waals surface area (Å²) in [6.07, 6.45) is 0. The van der Waals surface area contributed by atoms with Gasteiger partial charge in [-0.2, -0.15) is 0 Å². The molecule has 0 aliphatic carbocycles. The zero-order chi connectivity index (χ0) is 13.1. The van der Waals surface area contributed by atoms with Crippen molar-refractivity contribution in [2.24, 2.45) is 0 Å². The lowest BCUT2D eigenvalue weighted by atomic mass is 10.1. The molecule has 1 atom stereocenters. The average Bonchev–Trinajstić information content (AvgIpc) is 2.35. The lowest BCUT2D eigenvalue weighted by Gasteiger charge is -2.18. The molecule has 1 N–H and O–H groups in total. The minimum absolute atomic E-state index is 0.240. The van der Waals surface area contributed by atoms with Gasteiger partial charge in [0.2, 0.25) is 0 Å². The van der Waals surface area contributed by atoms with Crippen molar-refractivity contribution in [2.45, 2.75) is 26.8 Å². The Hall–Kier alpha value is -1.47. The maximum absolute atomic E-state index is 6.02. The summed E-state index contributed by atoms with van der Waals surface area (Å²) < 4.78 is 0. The van der Waals surface area contributed by atoms with Crippen LogP contribution in [-0.2, 0) is 0 Å². The highest BCUT2D eigenvalue weighted by Crippen LogP contribution is 2.25. The van der Waals surface area contributed by atoms with Crippen LogP contribution < -0.4 is 5.32 Å². The van der Waals surface area contributed by atoms with Crippen LogP contribution in [0.25, 0.3) is 0 Å². The fourth-order valence-electron chi connectivity index (χ4n) is 2.00. The third kappa shape index (κ3) is 2.85. The van der Waals surface area contributed by atoms with Crippen LogP contribution in [0.5, 0.6) is 0 Å². The molecule has 2 rings (SSSR count). The Bertz CT molecular complexity index is 549. The van der Waals surface area contributed by atoms with E-state index in [-0.39, 0.29) is 6.04 Å². The van der Waals surface area contributed by atoms with E-state index in [1.807, 2.05) is 18.2 Å². The number of hydrogen-bond donors (Lipinski definition) is 1. The van der Waals surface area contributed by atoms with Crippen molar-refractivity contribution in [1.29, 1.82) is 0 Å². The third-order valence-corrected chi connectivity index (χ3v) is 3.56. The number of benzene rings is 2. The molecule has 18 heavy (non-hydrogen) atoms. The Labute approximate surface area is 114 Å². The Morgan fingerprint density at radius 3 is 2.50 bits per heavy atom. The molecule has 2 aromatic rings. The predicted octanol–water partition coefficient (Wildman–Crippen LogP) is 5.13. The summed E-state index contributed by atoms with van der Waals surface area (Å²) in [4.78, 5) is 0. The number of hydrogen-bond acceptors (Lipinski definition) is 1. The minimum atomic E-state index is 0.240. The van der Waals surface area contributed by atoms with Crippen LogP contribution in [0.1, 0.15) is 29.7 Å². The molecular weight excluding hydrogens is 242 g/mol. The monoisotopic (exact) mass is 259 g/mol. The largest absolute Gasteiger partial charge is 0.378 e. The summed E-state index contributed by atoms with van der Waals surface area (Å²) in [5.41, 5.74) is 4.98. The van der Waals surface area contributed by atoms with Gasteiger partial charge < -0.3 is 5.32 Å². The van der Waals surface area contributed by atoms with Gasteiger partial charge in [-0.1, -0.05) is 35.9 Å². The van der Waals surface area contributed by atoms with Gasteiger partial charge in [0.15, 0.2) is 0 Å². The second-order valence-electron chi connectivity index (χ2n) is 4.67. The van der Waals surface area contributed by atoms with Crippen LogP contribution in [-0.4, -0.2) is 0 Å². The second-order valence-corrected chi connectivity index (χ2v) is 5.10. The molecule has 0 spiro atoms. The summed E-state index contributed by atoms with van der Waals surface area (Å²) in [5, 5.41) is 4.32. The zero-order valence-corrected chi connectivity index (χ0v) is 11.8. The van der Waals surface area contributed by atoms with E-state index in [9.17, 15) is 0 Å². The van der Waals surface area contributed by atoms with Crippen LogP contribution in [0.2, 0.25) is 5.02 Å². The molecule has 1 unspecified atom stereocenters. The standard InChI is InChI=1S/C16H18ClN/c1-11-6-4-9-16(12(11)2)18-13(3)14-7-5-8-15(17)10-14/h4-10,13,18H,1-3H3. The Morgan fingerprint density at radius 2 is 1.78 bits per heavy atom. The first kappa shape index (κ1) is 13.0. The van der Waals surface area contributed by atoms with Gasteiger partial charge in [-0.3, -0.25) is 0 Å². The average molecular weight is 260 g/mol. The number of halogens is 1. The Balaban J connectivity index is 2.21. The zero-order valence-electron chi connectivity index (χ0n) is 11.0. The molecule has 0 bridgehead atoms. The van der Waals surface area contributed by atoms with Crippen LogP contribution in [0.3, 0.4) is 0 Å². The van der Waals surface area contributed by atoms with E-state index in [1.165, 1.54) is 22.4 Å². The molecule has 0 radical (unpaired) electrons. The fourth-order valence-corrected chi connectivity index (χ4v) is 2.20. The van der Waals surface area contributed by atoms with Gasteiger partial charge in [-0.25, -0.2) is 0 Å². The van der Waals surface area contributed by atoms with Gasteiger partial charge in [0.05, 0.1) is 0 Å². The van der Waals surface area contributed by atoms with E-state index in [2.05, 4.69) is 50.4 Å². The van der Waals surface area contributed by atoms with Gasteiger partial charge in [0.1, 0.15) is 0 Å². The molecule has 0 amide bonds. The van der Waals surface area contributed by atoms with Crippen molar-refractivity contribution < 1.29 is 0 Å². The maximum atomic E-state index is 6.02. The first-order valence-electron chi connectivity index (χ1n) is 6.16. The number of rotatable bonds is 3. The van der Waals surface area contributed by atoms with Crippen LogP contribution in [0.15, 0.2) is 42.5 Å². The minimum Gasteiger partial charge on any atom is -0.378 e. The van der Waals surface area contributed by atoms with Crippen molar-refractivity contribution >= 4 is 17.3 Å². The van der Waals surface area contributed by atoms with E-state index in [0.29, 0.717) is 0 Å². The molecule has 1 nitrogen and oxygen atoms in total. The first-order valence-corrected chi connectivity index (χ1v) is 6.54. The SMILES string of the molecule is Cc1cccc(NC(C)c2cccc(Cl)c2)c1C. The number of aryl methyl sites for hydroxylation is 1. The Kier molecular flexibility index (Phi) is 3.93. The van der Waals surface area contributed by atoms with Gasteiger partial charge >= 0.3 is 0 Å².